The summed E-state index contributed by atoms with van der Waals surface area (Å²) in [6.07, 6.45) is -2.23. The van der Waals surface area contributed by atoms with E-state index in [1.165, 1.54) is 6.92 Å². The first kappa shape index (κ1) is 13.2. The molecule has 1 aromatic heterocycles. The molecule has 3 nitrogen and oxygen atoms in total. The summed E-state index contributed by atoms with van der Waals surface area (Å²) in [5.74, 6) is -0.669. The number of hydrogen-bond acceptors (Lipinski definition) is 2. The Morgan fingerprint density at radius 2 is 2.06 bits per heavy atom. The predicted octanol–water partition coefficient (Wildman–Crippen LogP) is 3.10. The Balaban J connectivity index is 2.28. The molecule has 2 N–H and O–H groups in total. The van der Waals surface area contributed by atoms with Crippen molar-refractivity contribution in [3.8, 4) is 0 Å². The minimum absolute atomic E-state index is 0.0683. The molecule has 2 rings (SSSR count). The Labute approximate surface area is 104 Å². The van der Waals surface area contributed by atoms with Crippen LogP contribution in [0.3, 0.4) is 0 Å². The third kappa shape index (κ3) is 2.47. The van der Waals surface area contributed by atoms with E-state index in [4.69, 9.17) is 5.73 Å². The van der Waals surface area contributed by atoms with Gasteiger partial charge in [-0.05, 0) is 26.2 Å². The highest BCUT2D eigenvalue weighted by atomic mass is 19.4. The number of aromatic nitrogens is 2. The van der Waals surface area contributed by atoms with Gasteiger partial charge in [-0.1, -0.05) is 6.92 Å². The highest BCUT2D eigenvalue weighted by molar-refractivity contribution is 5.46. The lowest BCUT2D eigenvalue weighted by Gasteiger charge is -2.15. The third-order valence-electron chi connectivity index (χ3n) is 3.46. The maximum Gasteiger partial charge on any atom is 0.391 e. The normalized spacial score (nSPS) is 18.1. The van der Waals surface area contributed by atoms with E-state index in [0.717, 1.165) is 18.5 Å². The van der Waals surface area contributed by atoms with E-state index >= 15 is 0 Å². The number of anilines is 1. The van der Waals surface area contributed by atoms with Crippen molar-refractivity contribution in [2.24, 2.45) is 5.92 Å². The Bertz CT molecular complexity index is 433. The lowest BCUT2D eigenvalue weighted by Crippen LogP contribution is -2.22. The summed E-state index contributed by atoms with van der Waals surface area (Å²) < 4.78 is 39.5. The van der Waals surface area contributed by atoms with Crippen LogP contribution in [0.5, 0.6) is 0 Å². The number of halogens is 3. The SMILES string of the molecule is CCn1nc(C2CC2)c(CC(C)C(F)(F)F)c1N. The molecule has 1 aromatic rings. The molecular formula is C12H18F3N3. The van der Waals surface area contributed by atoms with Crippen LogP contribution in [-0.4, -0.2) is 16.0 Å². The Morgan fingerprint density at radius 3 is 2.50 bits per heavy atom. The monoisotopic (exact) mass is 261 g/mol. The molecule has 0 radical (unpaired) electrons. The molecule has 0 aliphatic heterocycles. The van der Waals surface area contributed by atoms with Gasteiger partial charge in [0.1, 0.15) is 5.82 Å². The number of alkyl halides is 3. The van der Waals surface area contributed by atoms with Crippen molar-refractivity contribution in [2.75, 3.05) is 5.73 Å². The summed E-state index contributed by atoms with van der Waals surface area (Å²) >= 11 is 0. The number of rotatable bonds is 4. The van der Waals surface area contributed by atoms with Crippen molar-refractivity contribution in [2.45, 2.75) is 51.7 Å². The first-order valence-corrected chi connectivity index (χ1v) is 6.26. The molecule has 18 heavy (non-hydrogen) atoms. The molecule has 0 saturated heterocycles. The first-order chi connectivity index (χ1) is 8.34. The highest BCUT2D eigenvalue weighted by Gasteiger charge is 2.39. The van der Waals surface area contributed by atoms with E-state index < -0.39 is 12.1 Å². The minimum atomic E-state index is -4.18. The molecule has 6 heteroatoms. The largest absolute Gasteiger partial charge is 0.391 e. The standard InChI is InChI=1S/C12H18F3N3/c1-3-18-11(16)9(6-7(2)12(13,14)15)10(17-18)8-4-5-8/h7-8H,3-6,16H2,1-2H3. The van der Waals surface area contributed by atoms with E-state index in [1.807, 2.05) is 6.92 Å². The molecule has 1 saturated carbocycles. The Morgan fingerprint density at radius 1 is 1.44 bits per heavy atom. The van der Waals surface area contributed by atoms with Crippen molar-refractivity contribution in [3.63, 3.8) is 0 Å². The number of nitrogen functional groups attached to an aromatic ring is 1. The second-order valence-electron chi connectivity index (χ2n) is 4.99. The minimum Gasteiger partial charge on any atom is -0.384 e. The van der Waals surface area contributed by atoms with Crippen LogP contribution in [0.2, 0.25) is 0 Å². The second kappa shape index (κ2) is 4.48. The van der Waals surface area contributed by atoms with Crippen molar-refractivity contribution in [1.82, 2.24) is 9.78 Å². The molecule has 1 aliphatic rings. The maximum atomic E-state index is 12.6. The smallest absolute Gasteiger partial charge is 0.384 e. The molecule has 1 aliphatic carbocycles. The zero-order valence-corrected chi connectivity index (χ0v) is 10.6. The summed E-state index contributed by atoms with van der Waals surface area (Å²) in [4.78, 5) is 0. The van der Waals surface area contributed by atoms with Gasteiger partial charge in [0.05, 0.1) is 11.6 Å². The Hall–Kier alpha value is -1.20. The number of nitrogens with zero attached hydrogens (tertiary/aromatic N) is 2. The molecule has 1 fully saturated rings. The van der Waals surface area contributed by atoms with Gasteiger partial charge in [0, 0.05) is 18.0 Å². The molecule has 102 valence electrons. The van der Waals surface area contributed by atoms with Crippen LogP contribution in [-0.2, 0) is 13.0 Å². The van der Waals surface area contributed by atoms with Crippen molar-refractivity contribution in [1.29, 1.82) is 0 Å². The average molecular weight is 261 g/mol. The van der Waals surface area contributed by atoms with Crippen molar-refractivity contribution in [3.05, 3.63) is 11.3 Å². The van der Waals surface area contributed by atoms with Crippen LogP contribution in [0.4, 0.5) is 19.0 Å². The van der Waals surface area contributed by atoms with Crippen molar-refractivity contribution >= 4 is 5.82 Å². The van der Waals surface area contributed by atoms with E-state index in [0.29, 0.717) is 23.8 Å². The molecule has 1 unspecified atom stereocenters. The maximum absolute atomic E-state index is 12.6. The molecule has 0 aromatic carbocycles. The van der Waals surface area contributed by atoms with Gasteiger partial charge in [0.2, 0.25) is 0 Å². The molecular weight excluding hydrogens is 243 g/mol. The van der Waals surface area contributed by atoms with Gasteiger partial charge < -0.3 is 5.73 Å². The van der Waals surface area contributed by atoms with Crippen LogP contribution in [0.15, 0.2) is 0 Å². The third-order valence-corrected chi connectivity index (χ3v) is 3.46. The van der Waals surface area contributed by atoms with E-state index in [9.17, 15) is 13.2 Å². The quantitative estimate of drug-likeness (QED) is 0.905. The van der Waals surface area contributed by atoms with Crippen LogP contribution in [0.1, 0.15) is 43.9 Å². The zero-order chi connectivity index (χ0) is 13.5. The summed E-state index contributed by atoms with van der Waals surface area (Å²) in [6, 6.07) is 0. The summed E-state index contributed by atoms with van der Waals surface area (Å²) in [5, 5.41) is 4.35. The molecule has 1 atom stereocenters. The van der Waals surface area contributed by atoms with Crippen LogP contribution >= 0.6 is 0 Å². The average Bonchev–Trinajstić information content (AvgIpc) is 3.06. The fourth-order valence-electron chi connectivity index (χ4n) is 2.09. The van der Waals surface area contributed by atoms with Gasteiger partial charge in [-0.15, -0.1) is 0 Å². The molecule has 1 heterocycles. The number of nitrogens with two attached hydrogens (primary N) is 1. The van der Waals surface area contributed by atoms with Gasteiger partial charge in [0.15, 0.2) is 0 Å². The van der Waals surface area contributed by atoms with Gasteiger partial charge >= 0.3 is 6.18 Å². The van der Waals surface area contributed by atoms with E-state index in [-0.39, 0.29) is 6.42 Å². The summed E-state index contributed by atoms with van der Waals surface area (Å²) in [5.41, 5.74) is 7.29. The number of aryl methyl sites for hydroxylation is 1. The summed E-state index contributed by atoms with van der Waals surface area (Å²) in [6.45, 7) is 3.67. The van der Waals surface area contributed by atoms with E-state index in [1.54, 1.807) is 4.68 Å². The van der Waals surface area contributed by atoms with Gasteiger partial charge in [-0.2, -0.15) is 18.3 Å². The topological polar surface area (TPSA) is 43.8 Å². The highest BCUT2D eigenvalue weighted by Crippen LogP contribution is 2.43. The van der Waals surface area contributed by atoms with E-state index in [2.05, 4.69) is 5.10 Å². The fraction of sp³-hybridized carbons (Fsp3) is 0.750. The van der Waals surface area contributed by atoms with Crippen LogP contribution in [0, 0.1) is 5.92 Å². The lowest BCUT2D eigenvalue weighted by atomic mass is 9.99. The lowest BCUT2D eigenvalue weighted by molar-refractivity contribution is -0.169. The predicted molar refractivity (Wildman–Crippen MR) is 63.2 cm³/mol. The molecule has 0 spiro atoms. The first-order valence-electron chi connectivity index (χ1n) is 6.26. The van der Waals surface area contributed by atoms with Crippen LogP contribution < -0.4 is 5.73 Å². The van der Waals surface area contributed by atoms with Gasteiger partial charge in [0.25, 0.3) is 0 Å². The molecule has 0 amide bonds. The van der Waals surface area contributed by atoms with Crippen molar-refractivity contribution < 1.29 is 13.2 Å². The summed E-state index contributed by atoms with van der Waals surface area (Å²) in [7, 11) is 0. The number of hydrogen-bond donors (Lipinski definition) is 1. The Kier molecular flexibility index (Phi) is 3.29. The zero-order valence-electron chi connectivity index (χ0n) is 10.6. The van der Waals surface area contributed by atoms with Crippen LogP contribution in [0.25, 0.3) is 0 Å². The van der Waals surface area contributed by atoms with Gasteiger partial charge in [-0.25, -0.2) is 4.68 Å². The van der Waals surface area contributed by atoms with Gasteiger partial charge in [-0.3, -0.25) is 0 Å². The second-order valence-corrected chi connectivity index (χ2v) is 4.99. The molecule has 0 bridgehead atoms. The fourth-order valence-corrected chi connectivity index (χ4v) is 2.09.